The Morgan fingerprint density at radius 2 is 1.80 bits per heavy atom. The Morgan fingerprint density at radius 1 is 1.10 bits per heavy atom. The lowest BCUT2D eigenvalue weighted by molar-refractivity contribution is 0.0297. The molecule has 0 bridgehead atoms. The van der Waals surface area contributed by atoms with E-state index < -0.39 is 9.84 Å². The van der Waals surface area contributed by atoms with Gasteiger partial charge in [-0.05, 0) is 39.0 Å². The van der Waals surface area contributed by atoms with Crippen LogP contribution < -0.4 is 0 Å². The first kappa shape index (κ1) is 19.7. The minimum absolute atomic E-state index is 0.148. The van der Waals surface area contributed by atoms with Crippen molar-refractivity contribution >= 4 is 15.7 Å². The van der Waals surface area contributed by atoms with E-state index in [-0.39, 0.29) is 23.4 Å². The first-order valence-electron chi connectivity index (χ1n) is 10.4. The van der Waals surface area contributed by atoms with Crippen molar-refractivity contribution in [2.45, 2.75) is 29.5 Å². The fraction of sp³-hybridized carbons (Fsp3) is 0.524. The van der Waals surface area contributed by atoms with Crippen molar-refractivity contribution in [1.29, 1.82) is 0 Å². The van der Waals surface area contributed by atoms with E-state index >= 15 is 0 Å². The monoisotopic (exact) mass is 430 g/mol. The molecule has 0 atom stereocenters. The Hall–Kier alpha value is -2.23. The predicted molar refractivity (Wildman–Crippen MR) is 111 cm³/mol. The van der Waals surface area contributed by atoms with Gasteiger partial charge in [-0.1, -0.05) is 18.2 Å². The highest BCUT2D eigenvalue weighted by Crippen LogP contribution is 2.42. The van der Waals surface area contributed by atoms with Crippen LogP contribution in [0.5, 0.6) is 0 Å². The second-order valence-corrected chi connectivity index (χ2v) is 10.3. The summed E-state index contributed by atoms with van der Waals surface area (Å²) in [5, 5.41) is 4.78. The van der Waals surface area contributed by atoms with Gasteiger partial charge in [0.1, 0.15) is 0 Å². The number of morpholine rings is 1. The second kappa shape index (κ2) is 7.47. The van der Waals surface area contributed by atoms with Gasteiger partial charge in [-0.3, -0.25) is 9.48 Å². The van der Waals surface area contributed by atoms with Gasteiger partial charge in [0, 0.05) is 24.2 Å². The van der Waals surface area contributed by atoms with Crippen molar-refractivity contribution in [1.82, 2.24) is 19.6 Å². The Kier molecular flexibility index (Phi) is 4.91. The lowest BCUT2D eigenvalue weighted by Crippen LogP contribution is -2.41. The number of sulfone groups is 1. The third kappa shape index (κ3) is 3.25. The SMILES string of the molecule is CN1CCC(n2nc(C(=O)N3CCOCC3)c3c2-c2ccccc2S(=O)(=O)C3)CC1. The molecule has 3 aliphatic rings. The van der Waals surface area contributed by atoms with Gasteiger partial charge in [0.25, 0.3) is 5.91 Å². The molecule has 9 heteroatoms. The van der Waals surface area contributed by atoms with Crippen LogP contribution in [0.4, 0.5) is 0 Å². The van der Waals surface area contributed by atoms with Crippen LogP contribution in [0.2, 0.25) is 0 Å². The van der Waals surface area contributed by atoms with Gasteiger partial charge in [-0.2, -0.15) is 5.10 Å². The van der Waals surface area contributed by atoms with Gasteiger partial charge in [0.15, 0.2) is 15.5 Å². The number of hydrogen-bond acceptors (Lipinski definition) is 6. The predicted octanol–water partition coefficient (Wildman–Crippen LogP) is 1.58. The molecule has 160 valence electrons. The first-order valence-corrected chi connectivity index (χ1v) is 12.1. The van der Waals surface area contributed by atoms with Gasteiger partial charge >= 0.3 is 0 Å². The molecule has 0 spiro atoms. The van der Waals surface area contributed by atoms with Crippen LogP contribution in [-0.4, -0.2) is 80.3 Å². The van der Waals surface area contributed by atoms with Crippen molar-refractivity contribution in [3.05, 3.63) is 35.5 Å². The molecule has 30 heavy (non-hydrogen) atoms. The number of amides is 1. The number of fused-ring (bicyclic) bond motifs is 3. The van der Waals surface area contributed by atoms with Crippen LogP contribution in [-0.2, 0) is 20.3 Å². The summed E-state index contributed by atoms with van der Waals surface area (Å²) in [6.07, 6.45) is 1.84. The van der Waals surface area contributed by atoms with Gasteiger partial charge in [-0.15, -0.1) is 0 Å². The molecule has 0 unspecified atom stereocenters. The van der Waals surface area contributed by atoms with Crippen LogP contribution in [0.1, 0.15) is 34.9 Å². The zero-order valence-corrected chi connectivity index (χ0v) is 17.9. The Labute approximate surface area is 176 Å². The Morgan fingerprint density at radius 3 is 2.53 bits per heavy atom. The van der Waals surface area contributed by atoms with Crippen molar-refractivity contribution in [2.75, 3.05) is 46.4 Å². The topological polar surface area (TPSA) is 84.7 Å². The molecule has 8 nitrogen and oxygen atoms in total. The van der Waals surface area contributed by atoms with Gasteiger partial charge < -0.3 is 14.5 Å². The minimum Gasteiger partial charge on any atom is -0.378 e. The third-order valence-electron chi connectivity index (χ3n) is 6.35. The normalized spacial score (nSPS) is 21.8. The maximum Gasteiger partial charge on any atom is 0.274 e. The summed E-state index contributed by atoms with van der Waals surface area (Å²) in [5.74, 6) is -0.381. The molecule has 1 amide bonds. The van der Waals surface area contributed by atoms with E-state index in [1.165, 1.54) is 0 Å². The molecule has 0 N–H and O–H groups in total. The number of piperidine rings is 1. The van der Waals surface area contributed by atoms with E-state index in [2.05, 4.69) is 11.9 Å². The van der Waals surface area contributed by atoms with Crippen molar-refractivity contribution in [3.8, 4) is 11.3 Å². The van der Waals surface area contributed by atoms with Crippen molar-refractivity contribution in [3.63, 3.8) is 0 Å². The van der Waals surface area contributed by atoms with Crippen LogP contribution in [0.25, 0.3) is 11.3 Å². The van der Waals surface area contributed by atoms with Gasteiger partial charge in [0.2, 0.25) is 0 Å². The molecule has 2 aromatic rings. The van der Waals surface area contributed by atoms with E-state index in [4.69, 9.17) is 9.84 Å². The molecular weight excluding hydrogens is 404 g/mol. The number of carbonyl (C=O) groups excluding carboxylic acids is 1. The van der Waals surface area contributed by atoms with E-state index in [0.717, 1.165) is 31.6 Å². The molecule has 2 fully saturated rings. The smallest absolute Gasteiger partial charge is 0.274 e. The standard InChI is InChI=1S/C21H26N4O4S/c1-23-8-6-15(7-9-23)25-20-16-4-2-3-5-18(16)30(27,28)14-17(20)19(22-25)21(26)24-10-12-29-13-11-24/h2-5,15H,6-14H2,1H3. The van der Waals surface area contributed by atoms with Gasteiger partial charge in [-0.25, -0.2) is 8.42 Å². The molecule has 3 aliphatic heterocycles. The average molecular weight is 431 g/mol. The molecular formula is C21H26N4O4S. The maximum atomic E-state index is 13.3. The fourth-order valence-electron chi connectivity index (χ4n) is 4.68. The summed E-state index contributed by atoms with van der Waals surface area (Å²) in [7, 11) is -1.42. The molecule has 0 saturated carbocycles. The van der Waals surface area contributed by atoms with E-state index in [1.807, 2.05) is 16.8 Å². The maximum absolute atomic E-state index is 13.3. The first-order chi connectivity index (χ1) is 14.5. The summed E-state index contributed by atoms with van der Waals surface area (Å²) >= 11 is 0. The third-order valence-corrected chi connectivity index (χ3v) is 8.05. The lowest BCUT2D eigenvalue weighted by atomic mass is 10.0. The van der Waals surface area contributed by atoms with Crippen molar-refractivity contribution < 1.29 is 17.9 Å². The van der Waals surface area contributed by atoms with Gasteiger partial charge in [0.05, 0.1) is 35.6 Å². The summed E-state index contributed by atoms with van der Waals surface area (Å²) in [6, 6.07) is 7.23. The highest BCUT2D eigenvalue weighted by atomic mass is 32.2. The van der Waals surface area contributed by atoms with E-state index in [0.29, 0.717) is 42.3 Å². The highest BCUT2D eigenvalue weighted by molar-refractivity contribution is 7.90. The summed E-state index contributed by atoms with van der Waals surface area (Å²) in [6.45, 7) is 3.88. The number of nitrogens with zero attached hydrogens (tertiary/aromatic N) is 4. The molecule has 1 aromatic carbocycles. The van der Waals surface area contributed by atoms with Crippen LogP contribution in [0, 0.1) is 0 Å². The van der Waals surface area contributed by atoms with Crippen LogP contribution in [0.3, 0.4) is 0 Å². The second-order valence-electron chi connectivity index (χ2n) is 8.31. The number of rotatable bonds is 2. The minimum atomic E-state index is -3.53. The molecule has 0 radical (unpaired) electrons. The number of likely N-dealkylation sites (tertiary alicyclic amines) is 1. The zero-order chi connectivity index (χ0) is 20.9. The Bertz CT molecular complexity index is 1080. The number of ether oxygens (including phenoxy) is 1. The number of carbonyl (C=O) groups is 1. The number of benzene rings is 1. The average Bonchev–Trinajstić information content (AvgIpc) is 3.13. The number of hydrogen-bond donors (Lipinski definition) is 0. The molecule has 5 rings (SSSR count). The van der Waals surface area contributed by atoms with E-state index in [1.54, 1.807) is 17.0 Å². The summed E-state index contributed by atoms with van der Waals surface area (Å²) < 4.78 is 33.4. The quantitative estimate of drug-likeness (QED) is 0.719. The highest BCUT2D eigenvalue weighted by Gasteiger charge is 2.38. The van der Waals surface area contributed by atoms with Crippen LogP contribution in [0.15, 0.2) is 29.2 Å². The number of aromatic nitrogens is 2. The van der Waals surface area contributed by atoms with E-state index in [9.17, 15) is 13.2 Å². The molecule has 2 saturated heterocycles. The summed E-state index contributed by atoms with van der Waals surface area (Å²) in [5.41, 5.74) is 2.28. The molecule has 0 aliphatic carbocycles. The molecule has 1 aromatic heterocycles. The van der Waals surface area contributed by atoms with Crippen LogP contribution >= 0.6 is 0 Å². The largest absolute Gasteiger partial charge is 0.378 e. The Balaban J connectivity index is 1.66. The summed E-state index contributed by atoms with van der Waals surface area (Å²) in [4.78, 5) is 17.7. The fourth-order valence-corrected chi connectivity index (χ4v) is 6.28. The molecule has 4 heterocycles. The lowest BCUT2D eigenvalue weighted by Gasteiger charge is -2.31. The zero-order valence-electron chi connectivity index (χ0n) is 17.1. The van der Waals surface area contributed by atoms with Crippen molar-refractivity contribution in [2.24, 2.45) is 0 Å².